The van der Waals surface area contributed by atoms with Crippen molar-refractivity contribution in [3.05, 3.63) is 58.1 Å². The minimum absolute atomic E-state index is 0.453. The van der Waals surface area contributed by atoms with Gasteiger partial charge in [0, 0.05) is 0 Å². The molecular formula is C18H21ClO2. The topological polar surface area (TPSA) is 29.5 Å². The highest BCUT2D eigenvalue weighted by atomic mass is 35.5. The Bertz CT molecular complexity index is 633. The summed E-state index contributed by atoms with van der Waals surface area (Å²) in [7, 11) is 0. The Kier molecular flexibility index (Phi) is 4.92. The van der Waals surface area contributed by atoms with Crippen molar-refractivity contribution in [2.45, 2.75) is 39.7 Å². The Morgan fingerprint density at radius 1 is 1.05 bits per heavy atom. The van der Waals surface area contributed by atoms with Crippen LogP contribution in [0.15, 0.2) is 36.4 Å². The van der Waals surface area contributed by atoms with E-state index < -0.39 is 6.10 Å². The fourth-order valence-corrected chi connectivity index (χ4v) is 2.45. The largest absolute Gasteiger partial charge is 0.457 e. The molecule has 0 fully saturated rings. The van der Waals surface area contributed by atoms with Crippen LogP contribution in [0.5, 0.6) is 11.5 Å². The van der Waals surface area contributed by atoms with Crippen LogP contribution in [0.2, 0.25) is 5.02 Å². The van der Waals surface area contributed by atoms with Gasteiger partial charge < -0.3 is 9.84 Å². The van der Waals surface area contributed by atoms with Crippen molar-refractivity contribution in [3.8, 4) is 11.5 Å². The standard InChI is InChI=1S/C18H21ClO2/c1-11(2)14-6-5-12(3)18(9-14)21-15-7-8-16(13(4)20)17(19)10-15/h5-11,13,20H,1-4H3. The third-order valence-corrected chi connectivity index (χ3v) is 3.86. The molecule has 0 aliphatic rings. The molecule has 2 rings (SSSR count). The molecule has 2 aromatic carbocycles. The molecule has 0 spiro atoms. The van der Waals surface area contributed by atoms with E-state index in [0.717, 1.165) is 11.3 Å². The van der Waals surface area contributed by atoms with Crippen LogP contribution in [0.1, 0.15) is 49.5 Å². The molecule has 0 saturated carbocycles. The third kappa shape index (κ3) is 3.78. The quantitative estimate of drug-likeness (QED) is 0.794. The molecule has 0 aliphatic carbocycles. The van der Waals surface area contributed by atoms with E-state index in [0.29, 0.717) is 22.3 Å². The first-order chi connectivity index (χ1) is 9.88. The Labute approximate surface area is 131 Å². The van der Waals surface area contributed by atoms with Crippen LogP contribution in [-0.4, -0.2) is 5.11 Å². The zero-order valence-electron chi connectivity index (χ0n) is 12.9. The molecule has 1 unspecified atom stereocenters. The summed E-state index contributed by atoms with van der Waals surface area (Å²) in [5, 5.41) is 10.1. The highest BCUT2D eigenvalue weighted by Gasteiger charge is 2.10. The number of halogens is 1. The molecule has 2 aromatic rings. The van der Waals surface area contributed by atoms with Gasteiger partial charge in [-0.1, -0.05) is 43.6 Å². The zero-order chi connectivity index (χ0) is 15.6. The SMILES string of the molecule is Cc1ccc(C(C)C)cc1Oc1ccc(C(C)O)c(Cl)c1. The Hall–Kier alpha value is -1.51. The first-order valence-corrected chi connectivity index (χ1v) is 7.52. The lowest BCUT2D eigenvalue weighted by molar-refractivity contribution is 0.199. The summed E-state index contributed by atoms with van der Waals surface area (Å²) >= 11 is 6.17. The highest BCUT2D eigenvalue weighted by molar-refractivity contribution is 6.31. The molecule has 0 radical (unpaired) electrons. The van der Waals surface area contributed by atoms with Crippen LogP contribution >= 0.6 is 11.6 Å². The van der Waals surface area contributed by atoms with Crippen LogP contribution in [0.3, 0.4) is 0 Å². The van der Waals surface area contributed by atoms with Crippen molar-refractivity contribution in [1.29, 1.82) is 0 Å². The van der Waals surface area contributed by atoms with Gasteiger partial charge in [-0.2, -0.15) is 0 Å². The van der Waals surface area contributed by atoms with E-state index in [1.54, 1.807) is 19.1 Å². The number of aryl methyl sites for hydroxylation is 1. The van der Waals surface area contributed by atoms with Gasteiger partial charge in [0.2, 0.25) is 0 Å². The Balaban J connectivity index is 2.30. The van der Waals surface area contributed by atoms with Crippen LogP contribution in [-0.2, 0) is 0 Å². The van der Waals surface area contributed by atoms with E-state index in [1.807, 2.05) is 13.0 Å². The van der Waals surface area contributed by atoms with Gasteiger partial charge in [-0.25, -0.2) is 0 Å². The second-order valence-electron chi connectivity index (χ2n) is 5.64. The van der Waals surface area contributed by atoms with Gasteiger partial charge in [0.05, 0.1) is 11.1 Å². The summed E-state index contributed by atoms with van der Waals surface area (Å²) in [6.45, 7) is 8.02. The van der Waals surface area contributed by atoms with Gasteiger partial charge in [0.15, 0.2) is 0 Å². The molecule has 1 atom stereocenters. The number of hydrogen-bond donors (Lipinski definition) is 1. The van der Waals surface area contributed by atoms with Gasteiger partial charge in [-0.15, -0.1) is 0 Å². The van der Waals surface area contributed by atoms with Gasteiger partial charge in [0.1, 0.15) is 11.5 Å². The normalized spacial score (nSPS) is 12.5. The monoisotopic (exact) mass is 304 g/mol. The molecular weight excluding hydrogens is 284 g/mol. The molecule has 0 heterocycles. The number of aliphatic hydroxyl groups excluding tert-OH is 1. The van der Waals surface area contributed by atoms with Crippen LogP contribution < -0.4 is 4.74 Å². The summed E-state index contributed by atoms with van der Waals surface area (Å²) in [4.78, 5) is 0. The lowest BCUT2D eigenvalue weighted by atomic mass is 10.0. The van der Waals surface area contributed by atoms with Crippen LogP contribution in [0.25, 0.3) is 0 Å². The molecule has 2 nitrogen and oxygen atoms in total. The van der Waals surface area contributed by atoms with Crippen molar-refractivity contribution in [3.63, 3.8) is 0 Å². The van der Waals surface area contributed by atoms with Crippen LogP contribution in [0, 0.1) is 6.92 Å². The molecule has 3 heteroatoms. The van der Waals surface area contributed by atoms with E-state index in [4.69, 9.17) is 16.3 Å². The molecule has 21 heavy (non-hydrogen) atoms. The smallest absolute Gasteiger partial charge is 0.130 e. The van der Waals surface area contributed by atoms with Crippen molar-refractivity contribution in [2.24, 2.45) is 0 Å². The average molecular weight is 305 g/mol. The number of ether oxygens (including phenoxy) is 1. The second-order valence-corrected chi connectivity index (χ2v) is 6.05. The van der Waals surface area contributed by atoms with Gasteiger partial charge in [-0.05, 0) is 54.7 Å². The minimum Gasteiger partial charge on any atom is -0.457 e. The predicted octanol–water partition coefficient (Wildman–Crippen LogP) is 5.62. The van der Waals surface area contributed by atoms with E-state index in [2.05, 4.69) is 32.0 Å². The molecule has 0 aromatic heterocycles. The highest BCUT2D eigenvalue weighted by Crippen LogP contribution is 2.32. The van der Waals surface area contributed by atoms with Gasteiger partial charge >= 0.3 is 0 Å². The second kappa shape index (κ2) is 6.50. The predicted molar refractivity (Wildman–Crippen MR) is 87.4 cm³/mol. The Morgan fingerprint density at radius 2 is 1.76 bits per heavy atom. The third-order valence-electron chi connectivity index (χ3n) is 3.53. The maximum absolute atomic E-state index is 9.60. The summed E-state index contributed by atoms with van der Waals surface area (Å²) in [6, 6.07) is 11.6. The number of benzene rings is 2. The fourth-order valence-electron chi connectivity index (χ4n) is 2.12. The summed E-state index contributed by atoms with van der Waals surface area (Å²) < 4.78 is 5.95. The van der Waals surface area contributed by atoms with Crippen molar-refractivity contribution >= 4 is 11.6 Å². The lowest BCUT2D eigenvalue weighted by Crippen LogP contribution is -1.95. The maximum Gasteiger partial charge on any atom is 0.130 e. The molecule has 112 valence electrons. The van der Waals surface area contributed by atoms with Crippen molar-refractivity contribution < 1.29 is 9.84 Å². The first kappa shape index (κ1) is 15.9. The number of hydrogen-bond acceptors (Lipinski definition) is 2. The molecule has 0 aliphatic heterocycles. The molecule has 0 amide bonds. The van der Waals surface area contributed by atoms with Crippen molar-refractivity contribution in [2.75, 3.05) is 0 Å². The van der Waals surface area contributed by atoms with E-state index in [-0.39, 0.29) is 0 Å². The van der Waals surface area contributed by atoms with Gasteiger partial charge in [0.25, 0.3) is 0 Å². The van der Waals surface area contributed by atoms with Crippen molar-refractivity contribution in [1.82, 2.24) is 0 Å². The first-order valence-electron chi connectivity index (χ1n) is 7.14. The molecule has 0 bridgehead atoms. The van der Waals surface area contributed by atoms with E-state index in [9.17, 15) is 5.11 Å². The molecule has 1 N–H and O–H groups in total. The lowest BCUT2D eigenvalue weighted by Gasteiger charge is -2.14. The molecule has 0 saturated heterocycles. The summed E-state index contributed by atoms with van der Waals surface area (Å²) in [6.07, 6.45) is -0.586. The van der Waals surface area contributed by atoms with Crippen LogP contribution in [0.4, 0.5) is 0 Å². The fraction of sp³-hybridized carbons (Fsp3) is 0.333. The summed E-state index contributed by atoms with van der Waals surface area (Å²) in [5.74, 6) is 1.96. The zero-order valence-corrected chi connectivity index (χ0v) is 13.6. The summed E-state index contributed by atoms with van der Waals surface area (Å²) in [5.41, 5.74) is 3.02. The average Bonchev–Trinajstić information content (AvgIpc) is 2.40. The van der Waals surface area contributed by atoms with Gasteiger partial charge in [-0.3, -0.25) is 0 Å². The van der Waals surface area contributed by atoms with E-state index >= 15 is 0 Å². The Morgan fingerprint density at radius 3 is 2.33 bits per heavy atom. The maximum atomic E-state index is 9.60. The number of rotatable bonds is 4. The number of aliphatic hydroxyl groups is 1. The van der Waals surface area contributed by atoms with E-state index in [1.165, 1.54) is 5.56 Å². The minimum atomic E-state index is -0.586.